The molecule has 4 heterocycles. The number of aromatic nitrogens is 2. The van der Waals surface area contributed by atoms with Crippen molar-refractivity contribution in [3.63, 3.8) is 0 Å². The zero-order valence-corrected chi connectivity index (χ0v) is 15.3. The Balaban J connectivity index is 1.33. The van der Waals surface area contributed by atoms with Crippen molar-refractivity contribution in [3.05, 3.63) is 33.7 Å². The Morgan fingerprint density at radius 1 is 1.28 bits per heavy atom. The second-order valence-corrected chi connectivity index (χ2v) is 8.23. The van der Waals surface area contributed by atoms with E-state index in [2.05, 4.69) is 10.2 Å². The highest BCUT2D eigenvalue weighted by Crippen LogP contribution is 2.28. The molecule has 0 radical (unpaired) electrons. The minimum Gasteiger partial charge on any atom is -0.425 e. The molecule has 134 valence electrons. The van der Waals surface area contributed by atoms with Gasteiger partial charge in [0, 0.05) is 43.5 Å². The van der Waals surface area contributed by atoms with E-state index in [0.29, 0.717) is 17.7 Å². The normalized spacial score (nSPS) is 21.8. The Bertz CT molecular complexity index is 736. The maximum atomic E-state index is 12.5. The Labute approximate surface area is 151 Å². The van der Waals surface area contributed by atoms with Gasteiger partial charge in [0.15, 0.2) is 0 Å². The van der Waals surface area contributed by atoms with Gasteiger partial charge >= 0.3 is 0 Å². The van der Waals surface area contributed by atoms with Crippen LogP contribution < -0.4 is 0 Å². The van der Waals surface area contributed by atoms with Gasteiger partial charge in [-0.05, 0) is 44.2 Å². The van der Waals surface area contributed by atoms with Crippen LogP contribution in [0.5, 0.6) is 0 Å². The number of likely N-dealkylation sites (tertiary alicyclic amines) is 1. The Morgan fingerprint density at radius 2 is 2.12 bits per heavy atom. The van der Waals surface area contributed by atoms with Crippen molar-refractivity contribution in [3.8, 4) is 0 Å². The summed E-state index contributed by atoms with van der Waals surface area (Å²) in [6, 6.07) is 3.93. The van der Waals surface area contributed by atoms with E-state index in [4.69, 9.17) is 9.15 Å². The molecular formula is C18H23N3O3S. The van der Waals surface area contributed by atoms with Gasteiger partial charge < -0.3 is 14.1 Å². The van der Waals surface area contributed by atoms with Gasteiger partial charge in [0.05, 0.1) is 4.88 Å². The van der Waals surface area contributed by atoms with E-state index in [9.17, 15) is 4.79 Å². The number of amides is 1. The number of aryl methyl sites for hydroxylation is 1. The lowest BCUT2D eigenvalue weighted by Gasteiger charge is -2.18. The fourth-order valence-corrected chi connectivity index (χ4v) is 4.43. The molecule has 0 saturated carbocycles. The number of carbonyl (C=O) groups excluding carboxylic acids is 1. The topological polar surface area (TPSA) is 68.5 Å². The summed E-state index contributed by atoms with van der Waals surface area (Å²) in [5, 5.41) is 8.46. The average Bonchev–Trinajstić information content (AvgIpc) is 3.37. The molecule has 0 bridgehead atoms. The number of carbonyl (C=O) groups is 1. The number of ether oxygens (including phenoxy) is 1. The zero-order valence-electron chi connectivity index (χ0n) is 14.4. The monoisotopic (exact) mass is 361 g/mol. The molecule has 1 unspecified atom stereocenters. The SMILES string of the molecule is Cc1ccc(C(=O)N2CCC(Cc3nnc(C4CCOCC4)o3)C2)s1. The van der Waals surface area contributed by atoms with Crippen molar-refractivity contribution >= 4 is 17.2 Å². The largest absolute Gasteiger partial charge is 0.425 e. The molecule has 0 aliphatic carbocycles. The second-order valence-electron chi connectivity index (χ2n) is 6.94. The van der Waals surface area contributed by atoms with Crippen molar-refractivity contribution in [1.29, 1.82) is 0 Å². The van der Waals surface area contributed by atoms with Gasteiger partial charge in [-0.3, -0.25) is 4.79 Å². The summed E-state index contributed by atoms with van der Waals surface area (Å²) in [5.74, 6) is 2.33. The molecule has 2 aliphatic rings. The highest BCUT2D eigenvalue weighted by Gasteiger charge is 2.29. The lowest BCUT2D eigenvalue weighted by atomic mass is 10.0. The molecule has 2 saturated heterocycles. The lowest BCUT2D eigenvalue weighted by Crippen LogP contribution is -2.28. The van der Waals surface area contributed by atoms with Crippen LogP contribution in [0.3, 0.4) is 0 Å². The van der Waals surface area contributed by atoms with Crippen molar-refractivity contribution < 1.29 is 13.9 Å². The molecule has 0 spiro atoms. The molecule has 2 aromatic heterocycles. The first kappa shape index (κ1) is 16.7. The van der Waals surface area contributed by atoms with Crippen LogP contribution in [0.2, 0.25) is 0 Å². The van der Waals surface area contributed by atoms with Gasteiger partial charge in [0.2, 0.25) is 11.8 Å². The van der Waals surface area contributed by atoms with Crippen LogP contribution in [0.25, 0.3) is 0 Å². The first-order valence-corrected chi connectivity index (χ1v) is 9.76. The van der Waals surface area contributed by atoms with E-state index in [-0.39, 0.29) is 5.91 Å². The molecule has 25 heavy (non-hydrogen) atoms. The molecular weight excluding hydrogens is 338 g/mol. The summed E-state index contributed by atoms with van der Waals surface area (Å²) >= 11 is 1.56. The van der Waals surface area contributed by atoms with E-state index in [1.54, 1.807) is 11.3 Å². The van der Waals surface area contributed by atoms with E-state index < -0.39 is 0 Å². The molecule has 2 aromatic rings. The molecule has 1 atom stereocenters. The maximum absolute atomic E-state index is 12.5. The zero-order chi connectivity index (χ0) is 17.2. The minimum absolute atomic E-state index is 0.147. The molecule has 2 aliphatic heterocycles. The molecule has 6 nitrogen and oxygen atoms in total. The smallest absolute Gasteiger partial charge is 0.263 e. The van der Waals surface area contributed by atoms with Crippen LogP contribution in [-0.4, -0.2) is 47.3 Å². The summed E-state index contributed by atoms with van der Waals surface area (Å²) in [7, 11) is 0. The molecule has 4 rings (SSSR count). The quantitative estimate of drug-likeness (QED) is 0.837. The fraction of sp³-hybridized carbons (Fsp3) is 0.611. The Hall–Kier alpha value is -1.73. The third-order valence-electron chi connectivity index (χ3n) is 5.04. The first-order chi connectivity index (χ1) is 12.2. The number of hydrogen-bond acceptors (Lipinski definition) is 6. The fourth-order valence-electron chi connectivity index (χ4n) is 3.59. The number of rotatable bonds is 4. The third-order valence-corrected chi connectivity index (χ3v) is 6.03. The van der Waals surface area contributed by atoms with Crippen LogP contribution in [0, 0.1) is 12.8 Å². The van der Waals surface area contributed by atoms with Crippen molar-refractivity contribution in [1.82, 2.24) is 15.1 Å². The predicted molar refractivity (Wildman–Crippen MR) is 93.9 cm³/mol. The lowest BCUT2D eigenvalue weighted by molar-refractivity contribution is 0.0788. The highest BCUT2D eigenvalue weighted by atomic mass is 32.1. The van der Waals surface area contributed by atoms with Crippen molar-refractivity contribution in [2.45, 2.75) is 38.5 Å². The van der Waals surface area contributed by atoms with Crippen LogP contribution in [0.15, 0.2) is 16.5 Å². The Kier molecular flexibility index (Phi) is 4.85. The summed E-state index contributed by atoms with van der Waals surface area (Å²) in [6.45, 7) is 5.14. The number of hydrogen-bond donors (Lipinski definition) is 0. The van der Waals surface area contributed by atoms with Gasteiger partial charge in [0.25, 0.3) is 5.91 Å². The van der Waals surface area contributed by atoms with Crippen molar-refractivity contribution in [2.75, 3.05) is 26.3 Å². The molecule has 0 N–H and O–H groups in total. The van der Waals surface area contributed by atoms with Gasteiger partial charge in [-0.1, -0.05) is 0 Å². The summed E-state index contributed by atoms with van der Waals surface area (Å²) in [5.41, 5.74) is 0. The minimum atomic E-state index is 0.147. The van der Waals surface area contributed by atoms with E-state index >= 15 is 0 Å². The van der Waals surface area contributed by atoms with Gasteiger partial charge in [-0.25, -0.2) is 0 Å². The molecule has 1 amide bonds. The molecule has 7 heteroatoms. The average molecular weight is 361 g/mol. The van der Waals surface area contributed by atoms with Crippen LogP contribution >= 0.6 is 11.3 Å². The van der Waals surface area contributed by atoms with Gasteiger partial charge in [-0.2, -0.15) is 0 Å². The summed E-state index contributed by atoms with van der Waals surface area (Å²) in [4.78, 5) is 16.5. The predicted octanol–water partition coefficient (Wildman–Crippen LogP) is 3.04. The first-order valence-electron chi connectivity index (χ1n) is 8.95. The van der Waals surface area contributed by atoms with Crippen LogP contribution in [0.1, 0.15) is 51.5 Å². The van der Waals surface area contributed by atoms with Crippen molar-refractivity contribution in [2.24, 2.45) is 5.92 Å². The number of thiophene rings is 1. The van der Waals surface area contributed by atoms with Crippen LogP contribution in [0.4, 0.5) is 0 Å². The highest BCUT2D eigenvalue weighted by molar-refractivity contribution is 7.13. The van der Waals surface area contributed by atoms with E-state index in [1.807, 2.05) is 24.0 Å². The second kappa shape index (κ2) is 7.25. The van der Waals surface area contributed by atoms with E-state index in [1.165, 1.54) is 4.88 Å². The number of nitrogens with zero attached hydrogens (tertiary/aromatic N) is 3. The summed E-state index contributed by atoms with van der Waals surface area (Å²) in [6.07, 6.45) is 3.65. The standard InChI is InChI=1S/C18H23N3O3S/c1-12-2-3-15(25-12)18(22)21-7-4-13(11-21)10-16-19-20-17(24-16)14-5-8-23-9-6-14/h2-3,13-14H,4-11H2,1H3. The third kappa shape index (κ3) is 3.77. The van der Waals surface area contributed by atoms with E-state index in [0.717, 1.165) is 62.8 Å². The van der Waals surface area contributed by atoms with Crippen LogP contribution in [-0.2, 0) is 11.2 Å². The Morgan fingerprint density at radius 3 is 2.88 bits per heavy atom. The molecule has 0 aromatic carbocycles. The summed E-state index contributed by atoms with van der Waals surface area (Å²) < 4.78 is 11.3. The molecule has 2 fully saturated rings. The van der Waals surface area contributed by atoms with Gasteiger partial charge in [-0.15, -0.1) is 21.5 Å². The maximum Gasteiger partial charge on any atom is 0.263 e. The van der Waals surface area contributed by atoms with Gasteiger partial charge in [0.1, 0.15) is 0 Å².